The Bertz CT molecular complexity index is 1170. The SMILES string of the molecule is CC(C)C(NC(=O)CCc1ccc2c(c1)CN(C(C)C)CC(=O)NCCCCCO2)c1ccc2c(c1)OCCCO2. The summed E-state index contributed by atoms with van der Waals surface area (Å²) in [4.78, 5) is 27.9. The van der Waals surface area contributed by atoms with Crippen LogP contribution in [0.4, 0.5) is 0 Å². The molecule has 1 unspecified atom stereocenters. The quantitative estimate of drug-likeness (QED) is 0.481. The second-order valence-electron chi connectivity index (χ2n) is 11.7. The Morgan fingerprint density at radius 1 is 0.878 bits per heavy atom. The Kier molecular flexibility index (Phi) is 11.3. The average molecular weight is 566 g/mol. The summed E-state index contributed by atoms with van der Waals surface area (Å²) in [5, 5.41) is 6.30. The van der Waals surface area contributed by atoms with Crippen molar-refractivity contribution in [2.24, 2.45) is 5.92 Å². The zero-order valence-electron chi connectivity index (χ0n) is 25.2. The van der Waals surface area contributed by atoms with Crippen molar-refractivity contribution in [1.82, 2.24) is 15.5 Å². The highest BCUT2D eigenvalue weighted by molar-refractivity contribution is 5.78. The van der Waals surface area contributed by atoms with Crippen LogP contribution in [0.3, 0.4) is 0 Å². The summed E-state index contributed by atoms with van der Waals surface area (Å²) in [6, 6.07) is 12.3. The lowest BCUT2D eigenvalue weighted by molar-refractivity contribution is -0.123. The largest absolute Gasteiger partial charge is 0.493 e. The van der Waals surface area contributed by atoms with Crippen LogP contribution in [-0.4, -0.2) is 55.7 Å². The molecule has 2 aromatic rings. The van der Waals surface area contributed by atoms with E-state index in [-0.39, 0.29) is 29.8 Å². The van der Waals surface area contributed by atoms with E-state index in [9.17, 15) is 9.59 Å². The van der Waals surface area contributed by atoms with Crippen LogP contribution in [0.25, 0.3) is 0 Å². The molecule has 2 aliphatic heterocycles. The smallest absolute Gasteiger partial charge is 0.234 e. The van der Waals surface area contributed by atoms with Crippen molar-refractivity contribution in [1.29, 1.82) is 0 Å². The monoisotopic (exact) mass is 565 g/mol. The zero-order valence-corrected chi connectivity index (χ0v) is 25.2. The minimum atomic E-state index is -0.126. The van der Waals surface area contributed by atoms with Crippen molar-refractivity contribution in [3.8, 4) is 17.2 Å². The summed E-state index contributed by atoms with van der Waals surface area (Å²) >= 11 is 0. The molecule has 2 aliphatic rings. The Morgan fingerprint density at radius 2 is 1.61 bits per heavy atom. The van der Waals surface area contributed by atoms with Gasteiger partial charge in [0.1, 0.15) is 5.75 Å². The second-order valence-corrected chi connectivity index (χ2v) is 11.7. The highest BCUT2D eigenvalue weighted by Crippen LogP contribution is 2.34. The predicted molar refractivity (Wildman–Crippen MR) is 160 cm³/mol. The fraction of sp³-hybridized carbons (Fsp3) is 0.576. The van der Waals surface area contributed by atoms with Gasteiger partial charge < -0.3 is 24.8 Å². The molecule has 224 valence electrons. The van der Waals surface area contributed by atoms with Gasteiger partial charge in [-0.3, -0.25) is 14.5 Å². The highest BCUT2D eigenvalue weighted by Gasteiger charge is 2.22. The van der Waals surface area contributed by atoms with E-state index in [1.165, 1.54) is 0 Å². The molecular weight excluding hydrogens is 518 g/mol. The molecule has 2 heterocycles. The van der Waals surface area contributed by atoms with Crippen LogP contribution in [0.5, 0.6) is 17.2 Å². The molecule has 2 N–H and O–H groups in total. The van der Waals surface area contributed by atoms with Gasteiger partial charge in [-0.05, 0) is 74.8 Å². The average Bonchev–Trinajstić information content (AvgIpc) is 3.18. The van der Waals surface area contributed by atoms with Gasteiger partial charge in [-0.25, -0.2) is 0 Å². The van der Waals surface area contributed by atoms with E-state index in [1.807, 2.05) is 24.3 Å². The number of rotatable bonds is 7. The minimum Gasteiger partial charge on any atom is -0.493 e. The number of carbonyl (C=O) groups excluding carboxylic acids is 2. The van der Waals surface area contributed by atoms with Crippen LogP contribution in [-0.2, 0) is 22.6 Å². The van der Waals surface area contributed by atoms with E-state index in [2.05, 4.69) is 55.4 Å². The van der Waals surface area contributed by atoms with Gasteiger partial charge in [0, 0.05) is 37.5 Å². The normalized spacial score (nSPS) is 17.7. The molecule has 0 aromatic heterocycles. The maximum atomic E-state index is 13.2. The minimum absolute atomic E-state index is 0.0107. The first kappa shape index (κ1) is 30.7. The van der Waals surface area contributed by atoms with E-state index < -0.39 is 0 Å². The van der Waals surface area contributed by atoms with Gasteiger partial charge in [0.15, 0.2) is 11.5 Å². The van der Waals surface area contributed by atoms with Crippen molar-refractivity contribution >= 4 is 11.8 Å². The highest BCUT2D eigenvalue weighted by atomic mass is 16.5. The Labute approximate surface area is 245 Å². The van der Waals surface area contributed by atoms with E-state index in [4.69, 9.17) is 14.2 Å². The first-order valence-corrected chi connectivity index (χ1v) is 15.2. The Hall–Kier alpha value is -3.26. The van der Waals surface area contributed by atoms with Crippen molar-refractivity contribution in [2.75, 3.05) is 32.9 Å². The number of carbonyl (C=O) groups is 2. The van der Waals surface area contributed by atoms with E-state index in [0.29, 0.717) is 52.3 Å². The summed E-state index contributed by atoms with van der Waals surface area (Å²) in [6.45, 7) is 12.0. The van der Waals surface area contributed by atoms with Crippen LogP contribution < -0.4 is 24.8 Å². The van der Waals surface area contributed by atoms with Gasteiger partial charge >= 0.3 is 0 Å². The molecule has 0 radical (unpaired) electrons. The van der Waals surface area contributed by atoms with Crippen molar-refractivity contribution < 1.29 is 23.8 Å². The molecule has 4 rings (SSSR count). The number of amides is 2. The molecular formula is C33H47N3O5. The third-order valence-corrected chi connectivity index (χ3v) is 7.73. The van der Waals surface area contributed by atoms with Crippen LogP contribution in [0.1, 0.15) is 82.5 Å². The summed E-state index contributed by atoms with van der Waals surface area (Å²) in [5.74, 6) is 2.63. The summed E-state index contributed by atoms with van der Waals surface area (Å²) in [7, 11) is 0. The molecule has 0 aliphatic carbocycles. The number of nitrogens with zero attached hydrogens (tertiary/aromatic N) is 1. The Balaban J connectivity index is 1.43. The van der Waals surface area contributed by atoms with Crippen molar-refractivity contribution in [3.63, 3.8) is 0 Å². The number of ether oxygens (including phenoxy) is 3. The summed E-state index contributed by atoms with van der Waals surface area (Å²) in [6.07, 6.45) is 4.77. The number of hydrogen-bond donors (Lipinski definition) is 2. The van der Waals surface area contributed by atoms with Gasteiger partial charge in [-0.1, -0.05) is 32.0 Å². The van der Waals surface area contributed by atoms with Gasteiger partial charge in [0.2, 0.25) is 11.8 Å². The molecule has 0 saturated carbocycles. The lowest BCUT2D eigenvalue weighted by atomic mass is 9.95. The van der Waals surface area contributed by atoms with E-state index in [1.54, 1.807) is 0 Å². The maximum absolute atomic E-state index is 13.2. The maximum Gasteiger partial charge on any atom is 0.234 e. The van der Waals surface area contributed by atoms with Gasteiger partial charge in [0.05, 0.1) is 32.4 Å². The molecule has 8 heteroatoms. The number of hydrogen-bond acceptors (Lipinski definition) is 6. The molecule has 0 fully saturated rings. The number of fused-ring (bicyclic) bond motifs is 2. The third-order valence-electron chi connectivity index (χ3n) is 7.73. The molecule has 0 bridgehead atoms. The molecule has 2 amide bonds. The third kappa shape index (κ3) is 9.12. The van der Waals surface area contributed by atoms with E-state index >= 15 is 0 Å². The summed E-state index contributed by atoms with van der Waals surface area (Å²) < 4.78 is 17.8. The van der Waals surface area contributed by atoms with E-state index in [0.717, 1.165) is 59.6 Å². The fourth-order valence-corrected chi connectivity index (χ4v) is 5.26. The zero-order chi connectivity index (χ0) is 29.2. The van der Waals surface area contributed by atoms with Gasteiger partial charge in [-0.15, -0.1) is 0 Å². The van der Waals surface area contributed by atoms with Crippen molar-refractivity contribution in [2.45, 2.75) is 84.8 Å². The molecule has 0 saturated heterocycles. The van der Waals surface area contributed by atoms with Gasteiger partial charge in [0.25, 0.3) is 0 Å². The molecule has 41 heavy (non-hydrogen) atoms. The molecule has 1 atom stereocenters. The fourth-order valence-electron chi connectivity index (χ4n) is 5.26. The van der Waals surface area contributed by atoms with Crippen LogP contribution in [0.2, 0.25) is 0 Å². The first-order valence-electron chi connectivity index (χ1n) is 15.2. The molecule has 0 spiro atoms. The topological polar surface area (TPSA) is 89.1 Å². The van der Waals surface area contributed by atoms with Crippen molar-refractivity contribution in [3.05, 3.63) is 53.1 Å². The summed E-state index contributed by atoms with van der Waals surface area (Å²) in [5.41, 5.74) is 3.15. The van der Waals surface area contributed by atoms with Crippen LogP contribution in [0, 0.1) is 5.92 Å². The van der Waals surface area contributed by atoms with Crippen LogP contribution >= 0.6 is 0 Å². The lowest BCUT2D eigenvalue weighted by Gasteiger charge is -2.27. The predicted octanol–water partition coefficient (Wildman–Crippen LogP) is 5.18. The number of nitrogens with one attached hydrogen (secondary N) is 2. The molecule has 8 nitrogen and oxygen atoms in total. The lowest BCUT2D eigenvalue weighted by Crippen LogP contribution is -2.40. The second kappa shape index (κ2) is 15.1. The Morgan fingerprint density at radius 3 is 2.39 bits per heavy atom. The molecule has 2 aromatic carbocycles. The van der Waals surface area contributed by atoms with Gasteiger partial charge in [-0.2, -0.15) is 0 Å². The number of aryl methyl sites for hydroxylation is 1. The standard InChI is InChI=1S/C33H47N3O5/c1-23(2)33(26-11-13-29-30(20-26)41-18-8-17-40-29)35-31(37)14-10-25-9-12-28-27(19-25)21-36(24(3)4)22-32(38)34-15-6-5-7-16-39-28/h9,11-13,19-20,23-24,33H,5-8,10,14-18,21-22H2,1-4H3,(H,34,38)(H,35,37). The first-order chi connectivity index (χ1) is 19.8. The van der Waals surface area contributed by atoms with Crippen LogP contribution in [0.15, 0.2) is 36.4 Å². The number of benzene rings is 2.